The lowest BCUT2D eigenvalue weighted by Gasteiger charge is -1.93. The number of benzene rings is 1. The van der Waals surface area contributed by atoms with Crippen LogP contribution in [0.2, 0.25) is 0 Å². The highest BCUT2D eigenvalue weighted by molar-refractivity contribution is 7.15. The van der Waals surface area contributed by atoms with E-state index in [1.807, 2.05) is 6.92 Å². The van der Waals surface area contributed by atoms with Crippen LogP contribution in [0.1, 0.15) is 27.9 Å². The topological polar surface area (TPSA) is 88.2 Å². The van der Waals surface area contributed by atoms with Crippen LogP contribution in [0.15, 0.2) is 22.6 Å². The lowest BCUT2D eigenvalue weighted by Crippen LogP contribution is -1.94. The minimum atomic E-state index is -0.994. The van der Waals surface area contributed by atoms with Crippen LogP contribution < -0.4 is 5.32 Å². The molecule has 1 aromatic carbocycles. The van der Waals surface area contributed by atoms with Gasteiger partial charge in [0.2, 0.25) is 0 Å². The van der Waals surface area contributed by atoms with Crippen molar-refractivity contribution in [3.63, 3.8) is 0 Å². The normalized spacial score (nSPS) is 11.0. The van der Waals surface area contributed by atoms with Crippen molar-refractivity contribution in [2.75, 3.05) is 5.32 Å². The SMILES string of the molecule is CCc1nc(Nc2nc3ccc(C(=O)O)cc3o2)sc1C. The molecule has 2 N–H and O–H groups in total. The van der Waals surface area contributed by atoms with Gasteiger partial charge in [-0.1, -0.05) is 6.92 Å². The number of nitrogens with one attached hydrogen (secondary N) is 1. The zero-order valence-corrected chi connectivity index (χ0v) is 12.3. The number of aromatic carboxylic acids is 1. The van der Waals surface area contributed by atoms with Gasteiger partial charge in [-0.3, -0.25) is 5.32 Å². The van der Waals surface area contributed by atoms with E-state index in [0.29, 0.717) is 17.1 Å². The van der Waals surface area contributed by atoms with E-state index < -0.39 is 5.97 Å². The standard InChI is InChI=1S/C14H13N3O3S/c1-3-9-7(2)21-14(16-9)17-13-15-10-5-4-8(12(18)19)6-11(10)20-13/h4-6H,3H2,1-2H3,(H,18,19)(H,15,16,17). The Morgan fingerprint density at radius 3 is 2.90 bits per heavy atom. The van der Waals surface area contributed by atoms with Gasteiger partial charge in [0.25, 0.3) is 0 Å². The predicted octanol–water partition coefficient (Wildman–Crippen LogP) is 3.60. The van der Waals surface area contributed by atoms with Gasteiger partial charge in [0.15, 0.2) is 10.7 Å². The highest BCUT2D eigenvalue weighted by Gasteiger charge is 2.12. The molecular weight excluding hydrogens is 290 g/mol. The highest BCUT2D eigenvalue weighted by Crippen LogP contribution is 2.27. The third-order valence-electron chi connectivity index (χ3n) is 3.08. The van der Waals surface area contributed by atoms with Gasteiger partial charge in [-0.2, -0.15) is 4.98 Å². The van der Waals surface area contributed by atoms with Crippen molar-refractivity contribution >= 4 is 39.6 Å². The number of hydrogen-bond acceptors (Lipinski definition) is 6. The molecule has 0 aliphatic heterocycles. The molecule has 21 heavy (non-hydrogen) atoms. The molecule has 0 bridgehead atoms. The van der Waals surface area contributed by atoms with Crippen LogP contribution in [0, 0.1) is 6.92 Å². The summed E-state index contributed by atoms with van der Waals surface area (Å²) in [4.78, 5) is 20.8. The molecule has 0 radical (unpaired) electrons. The molecule has 0 atom stereocenters. The Hall–Kier alpha value is -2.41. The van der Waals surface area contributed by atoms with E-state index in [9.17, 15) is 4.79 Å². The number of carbonyl (C=O) groups is 1. The van der Waals surface area contributed by atoms with Gasteiger partial charge in [0.1, 0.15) is 5.52 Å². The molecule has 3 rings (SSSR count). The fourth-order valence-electron chi connectivity index (χ4n) is 2.01. The maximum Gasteiger partial charge on any atom is 0.335 e. The van der Waals surface area contributed by atoms with Crippen molar-refractivity contribution in [2.24, 2.45) is 0 Å². The molecule has 3 aromatic rings. The molecule has 0 saturated heterocycles. The first-order chi connectivity index (χ1) is 10.1. The highest BCUT2D eigenvalue weighted by atomic mass is 32.1. The van der Waals surface area contributed by atoms with Crippen LogP contribution in [0.3, 0.4) is 0 Å². The second kappa shape index (κ2) is 5.17. The smallest absolute Gasteiger partial charge is 0.335 e. The van der Waals surface area contributed by atoms with Gasteiger partial charge in [-0.05, 0) is 31.5 Å². The number of fused-ring (bicyclic) bond motifs is 1. The van der Waals surface area contributed by atoms with Crippen molar-refractivity contribution in [3.8, 4) is 0 Å². The number of aryl methyl sites for hydroxylation is 2. The first-order valence-electron chi connectivity index (χ1n) is 6.44. The van der Waals surface area contributed by atoms with E-state index in [-0.39, 0.29) is 5.56 Å². The number of rotatable bonds is 4. The Bertz CT molecular complexity index is 822. The number of aromatic nitrogens is 2. The molecule has 0 aliphatic rings. The minimum Gasteiger partial charge on any atom is -0.478 e. The summed E-state index contributed by atoms with van der Waals surface area (Å²) in [5.74, 6) is -0.994. The fourth-order valence-corrected chi connectivity index (χ4v) is 2.90. The van der Waals surface area contributed by atoms with Gasteiger partial charge in [0.05, 0.1) is 11.3 Å². The number of oxazole rings is 1. The van der Waals surface area contributed by atoms with Gasteiger partial charge in [0, 0.05) is 4.88 Å². The number of anilines is 2. The third kappa shape index (κ3) is 2.59. The molecule has 7 heteroatoms. The van der Waals surface area contributed by atoms with Crippen molar-refractivity contribution in [2.45, 2.75) is 20.3 Å². The molecule has 6 nitrogen and oxygen atoms in total. The number of hydrogen-bond donors (Lipinski definition) is 2. The van der Waals surface area contributed by atoms with Crippen LogP contribution in [0.4, 0.5) is 11.1 Å². The lowest BCUT2D eigenvalue weighted by atomic mass is 10.2. The van der Waals surface area contributed by atoms with Gasteiger partial charge in [-0.15, -0.1) is 11.3 Å². The Kier molecular flexibility index (Phi) is 3.34. The Morgan fingerprint density at radius 1 is 1.43 bits per heavy atom. The third-order valence-corrected chi connectivity index (χ3v) is 4.01. The summed E-state index contributed by atoms with van der Waals surface area (Å²) in [5.41, 5.74) is 2.25. The number of carboxylic acid groups (broad SMARTS) is 1. The van der Waals surface area contributed by atoms with Crippen LogP contribution >= 0.6 is 11.3 Å². The van der Waals surface area contributed by atoms with Crippen molar-refractivity contribution in [3.05, 3.63) is 34.3 Å². The second-order valence-corrected chi connectivity index (χ2v) is 5.71. The first kappa shape index (κ1) is 13.6. The summed E-state index contributed by atoms with van der Waals surface area (Å²) < 4.78 is 5.53. The molecule has 2 heterocycles. The Morgan fingerprint density at radius 2 is 2.24 bits per heavy atom. The molecule has 0 amide bonds. The number of nitrogens with zero attached hydrogens (tertiary/aromatic N) is 2. The van der Waals surface area contributed by atoms with E-state index in [1.165, 1.54) is 23.5 Å². The zero-order chi connectivity index (χ0) is 15.0. The average molecular weight is 303 g/mol. The van der Waals surface area contributed by atoms with Crippen molar-refractivity contribution in [1.29, 1.82) is 0 Å². The molecule has 0 spiro atoms. The summed E-state index contributed by atoms with van der Waals surface area (Å²) in [5, 5.41) is 12.7. The number of carboxylic acids is 1. The molecule has 0 aliphatic carbocycles. The van der Waals surface area contributed by atoms with Crippen molar-refractivity contribution in [1.82, 2.24) is 9.97 Å². The lowest BCUT2D eigenvalue weighted by molar-refractivity contribution is 0.0697. The summed E-state index contributed by atoms with van der Waals surface area (Å²) in [6, 6.07) is 4.89. The van der Waals surface area contributed by atoms with Crippen LogP contribution in [-0.2, 0) is 6.42 Å². The molecule has 0 saturated carbocycles. The first-order valence-corrected chi connectivity index (χ1v) is 7.25. The quantitative estimate of drug-likeness (QED) is 0.765. The monoisotopic (exact) mass is 303 g/mol. The van der Waals surface area contributed by atoms with Gasteiger partial charge in [-0.25, -0.2) is 9.78 Å². The van der Waals surface area contributed by atoms with E-state index >= 15 is 0 Å². The summed E-state index contributed by atoms with van der Waals surface area (Å²) in [7, 11) is 0. The molecule has 108 valence electrons. The second-order valence-electron chi connectivity index (χ2n) is 4.51. The van der Waals surface area contributed by atoms with E-state index in [4.69, 9.17) is 9.52 Å². The predicted molar refractivity (Wildman–Crippen MR) is 80.5 cm³/mol. The van der Waals surface area contributed by atoms with Crippen molar-refractivity contribution < 1.29 is 14.3 Å². The molecule has 0 fully saturated rings. The summed E-state index contributed by atoms with van der Waals surface area (Å²) in [6.45, 7) is 4.07. The minimum absolute atomic E-state index is 0.170. The molecule has 2 aromatic heterocycles. The van der Waals surface area contributed by atoms with E-state index in [0.717, 1.165) is 22.1 Å². The fraction of sp³-hybridized carbons (Fsp3) is 0.214. The Balaban J connectivity index is 1.91. The molecule has 0 unspecified atom stereocenters. The summed E-state index contributed by atoms with van der Waals surface area (Å²) >= 11 is 1.54. The van der Waals surface area contributed by atoms with Crippen LogP contribution in [-0.4, -0.2) is 21.0 Å². The summed E-state index contributed by atoms with van der Waals surface area (Å²) in [6.07, 6.45) is 0.875. The average Bonchev–Trinajstić information content (AvgIpc) is 3.00. The van der Waals surface area contributed by atoms with Gasteiger partial charge < -0.3 is 9.52 Å². The van der Waals surface area contributed by atoms with E-state index in [2.05, 4.69) is 22.2 Å². The largest absolute Gasteiger partial charge is 0.478 e. The Labute approximate surface area is 124 Å². The van der Waals surface area contributed by atoms with Gasteiger partial charge >= 0.3 is 12.0 Å². The molecular formula is C14H13N3O3S. The van der Waals surface area contributed by atoms with Crippen LogP contribution in [0.25, 0.3) is 11.1 Å². The van der Waals surface area contributed by atoms with Crippen LogP contribution in [0.5, 0.6) is 0 Å². The maximum atomic E-state index is 10.9. The maximum absolute atomic E-state index is 10.9. The number of thiazole rings is 1. The zero-order valence-electron chi connectivity index (χ0n) is 11.5. The van der Waals surface area contributed by atoms with E-state index in [1.54, 1.807) is 6.07 Å².